The molecule has 104 valence electrons. The standard InChI is InChI=1S/C14H13NO4S/c1-19-12-6-11(15(17)18)7-14(8-12)20-13-4-2-10(9-16)3-5-13/h2-8,16H,9H2,1H3. The second-order valence-electron chi connectivity index (χ2n) is 4.03. The Morgan fingerprint density at radius 3 is 2.45 bits per heavy atom. The highest BCUT2D eigenvalue weighted by Crippen LogP contribution is 2.33. The summed E-state index contributed by atoms with van der Waals surface area (Å²) in [6.45, 7) is -0.00439. The van der Waals surface area contributed by atoms with E-state index in [1.54, 1.807) is 6.07 Å². The minimum atomic E-state index is -0.443. The Labute approximate surface area is 120 Å². The summed E-state index contributed by atoms with van der Waals surface area (Å²) in [4.78, 5) is 12.1. The quantitative estimate of drug-likeness (QED) is 0.676. The van der Waals surface area contributed by atoms with Crippen LogP contribution in [0.3, 0.4) is 0 Å². The van der Waals surface area contributed by atoms with Crippen molar-refractivity contribution in [2.24, 2.45) is 0 Å². The number of non-ortho nitro benzene ring substituents is 1. The van der Waals surface area contributed by atoms with Crippen LogP contribution >= 0.6 is 11.8 Å². The van der Waals surface area contributed by atoms with Gasteiger partial charge in [0.15, 0.2) is 0 Å². The molecule has 0 aliphatic rings. The van der Waals surface area contributed by atoms with Gasteiger partial charge in [0, 0.05) is 15.9 Å². The molecule has 0 aliphatic carbocycles. The van der Waals surface area contributed by atoms with Crippen molar-refractivity contribution in [1.82, 2.24) is 0 Å². The molecule has 0 radical (unpaired) electrons. The third-order valence-electron chi connectivity index (χ3n) is 2.65. The van der Waals surface area contributed by atoms with Crippen molar-refractivity contribution in [3.05, 3.63) is 58.1 Å². The number of hydrogen-bond donors (Lipinski definition) is 1. The average Bonchev–Trinajstić information content (AvgIpc) is 2.47. The first-order valence-corrected chi connectivity index (χ1v) is 6.65. The van der Waals surface area contributed by atoms with E-state index >= 15 is 0 Å². The van der Waals surface area contributed by atoms with Crippen LogP contribution in [0.25, 0.3) is 0 Å². The molecule has 5 nitrogen and oxygen atoms in total. The number of nitrogens with zero attached hydrogens (tertiary/aromatic N) is 1. The fourth-order valence-electron chi connectivity index (χ4n) is 1.64. The molecule has 0 heterocycles. The van der Waals surface area contributed by atoms with Crippen LogP contribution in [0.5, 0.6) is 5.75 Å². The van der Waals surface area contributed by atoms with E-state index < -0.39 is 4.92 Å². The molecule has 0 spiro atoms. The summed E-state index contributed by atoms with van der Waals surface area (Å²) in [5.41, 5.74) is 0.824. The van der Waals surface area contributed by atoms with Gasteiger partial charge in [-0.3, -0.25) is 10.1 Å². The van der Waals surface area contributed by atoms with Gasteiger partial charge >= 0.3 is 0 Å². The predicted molar refractivity (Wildman–Crippen MR) is 76.1 cm³/mol. The van der Waals surface area contributed by atoms with E-state index in [0.717, 1.165) is 15.4 Å². The molecule has 20 heavy (non-hydrogen) atoms. The van der Waals surface area contributed by atoms with Crippen LogP contribution < -0.4 is 4.74 Å². The molecule has 2 rings (SSSR count). The number of nitro benzene ring substituents is 1. The fourth-order valence-corrected chi connectivity index (χ4v) is 2.54. The summed E-state index contributed by atoms with van der Waals surface area (Å²) in [6.07, 6.45) is 0. The number of aliphatic hydroxyl groups excluding tert-OH is 1. The van der Waals surface area contributed by atoms with Gasteiger partial charge in [-0.05, 0) is 23.8 Å². The highest BCUT2D eigenvalue weighted by Gasteiger charge is 2.11. The van der Waals surface area contributed by atoms with Gasteiger partial charge in [-0.1, -0.05) is 23.9 Å². The molecule has 1 N–H and O–H groups in total. The maximum absolute atomic E-state index is 10.9. The molecule has 2 aromatic rings. The van der Waals surface area contributed by atoms with Crippen LogP contribution in [0.15, 0.2) is 52.3 Å². The Morgan fingerprint density at radius 2 is 1.90 bits per heavy atom. The van der Waals surface area contributed by atoms with Crippen molar-refractivity contribution in [3.8, 4) is 5.75 Å². The molecule has 0 saturated heterocycles. The minimum Gasteiger partial charge on any atom is -0.496 e. The third-order valence-corrected chi connectivity index (χ3v) is 3.63. The third kappa shape index (κ3) is 3.49. The molecule has 0 bridgehead atoms. The summed E-state index contributed by atoms with van der Waals surface area (Å²) < 4.78 is 5.07. The normalized spacial score (nSPS) is 10.3. The first-order chi connectivity index (χ1) is 9.62. The zero-order valence-corrected chi connectivity index (χ0v) is 11.6. The number of rotatable bonds is 5. The van der Waals surface area contributed by atoms with Crippen molar-refractivity contribution in [2.45, 2.75) is 16.4 Å². The van der Waals surface area contributed by atoms with Crippen LogP contribution in [0.2, 0.25) is 0 Å². The maximum atomic E-state index is 10.9. The molecule has 2 aromatic carbocycles. The lowest BCUT2D eigenvalue weighted by atomic mass is 10.2. The van der Waals surface area contributed by atoms with E-state index in [1.165, 1.54) is 31.0 Å². The van der Waals surface area contributed by atoms with E-state index in [4.69, 9.17) is 9.84 Å². The average molecular weight is 291 g/mol. The molecule has 0 unspecified atom stereocenters. The molecule has 0 fully saturated rings. The van der Waals surface area contributed by atoms with Gasteiger partial charge in [0.05, 0.1) is 24.7 Å². The number of nitro groups is 1. The second kappa shape index (κ2) is 6.40. The van der Waals surface area contributed by atoms with Crippen LogP contribution in [0, 0.1) is 10.1 Å². The van der Waals surface area contributed by atoms with Gasteiger partial charge in [-0.2, -0.15) is 0 Å². The summed E-state index contributed by atoms with van der Waals surface area (Å²) in [5.74, 6) is 0.452. The van der Waals surface area contributed by atoms with Crippen molar-refractivity contribution in [1.29, 1.82) is 0 Å². The number of methoxy groups -OCH3 is 1. The number of ether oxygens (including phenoxy) is 1. The van der Waals surface area contributed by atoms with Gasteiger partial charge in [-0.15, -0.1) is 0 Å². The number of hydrogen-bond acceptors (Lipinski definition) is 5. The Bertz CT molecular complexity index is 613. The van der Waals surface area contributed by atoms with Crippen molar-refractivity contribution in [3.63, 3.8) is 0 Å². The van der Waals surface area contributed by atoms with Gasteiger partial charge in [0.1, 0.15) is 5.75 Å². The lowest BCUT2D eigenvalue weighted by molar-refractivity contribution is -0.385. The minimum absolute atomic E-state index is 0.00108. The summed E-state index contributed by atoms with van der Waals surface area (Å²) in [6, 6.07) is 12.0. The maximum Gasteiger partial charge on any atom is 0.274 e. The van der Waals surface area contributed by atoms with E-state index in [2.05, 4.69) is 0 Å². The van der Waals surface area contributed by atoms with Crippen LogP contribution in [-0.4, -0.2) is 17.1 Å². The number of benzene rings is 2. The Morgan fingerprint density at radius 1 is 1.20 bits per heavy atom. The highest BCUT2D eigenvalue weighted by atomic mass is 32.2. The van der Waals surface area contributed by atoms with Gasteiger partial charge in [-0.25, -0.2) is 0 Å². The predicted octanol–water partition coefficient (Wildman–Crippen LogP) is 3.25. The van der Waals surface area contributed by atoms with Gasteiger partial charge in [0.2, 0.25) is 0 Å². The number of aliphatic hydroxyl groups is 1. The topological polar surface area (TPSA) is 72.6 Å². The zero-order chi connectivity index (χ0) is 14.5. The Hall–Kier alpha value is -2.05. The fraction of sp³-hybridized carbons (Fsp3) is 0.143. The Kier molecular flexibility index (Phi) is 4.60. The summed E-state index contributed by atoms with van der Waals surface area (Å²) in [5, 5.41) is 19.9. The van der Waals surface area contributed by atoms with Crippen molar-refractivity contribution >= 4 is 17.4 Å². The zero-order valence-electron chi connectivity index (χ0n) is 10.8. The molecule has 0 aliphatic heterocycles. The van der Waals surface area contributed by atoms with E-state index in [-0.39, 0.29) is 12.3 Å². The summed E-state index contributed by atoms with van der Waals surface area (Å²) >= 11 is 1.40. The molecule has 6 heteroatoms. The SMILES string of the molecule is COc1cc(Sc2ccc(CO)cc2)cc([N+](=O)[O-])c1. The molecule has 0 amide bonds. The van der Waals surface area contributed by atoms with Crippen LogP contribution in [0.1, 0.15) is 5.56 Å². The lowest BCUT2D eigenvalue weighted by Crippen LogP contribution is -1.91. The largest absolute Gasteiger partial charge is 0.496 e. The van der Waals surface area contributed by atoms with E-state index in [1.807, 2.05) is 24.3 Å². The Balaban J connectivity index is 2.27. The van der Waals surface area contributed by atoms with Crippen molar-refractivity contribution in [2.75, 3.05) is 7.11 Å². The summed E-state index contributed by atoms with van der Waals surface area (Å²) in [7, 11) is 1.48. The highest BCUT2D eigenvalue weighted by molar-refractivity contribution is 7.99. The smallest absolute Gasteiger partial charge is 0.274 e. The molecular weight excluding hydrogens is 278 g/mol. The van der Waals surface area contributed by atoms with Gasteiger partial charge in [0.25, 0.3) is 5.69 Å². The van der Waals surface area contributed by atoms with Crippen LogP contribution in [-0.2, 0) is 6.61 Å². The lowest BCUT2D eigenvalue weighted by Gasteiger charge is -2.05. The van der Waals surface area contributed by atoms with E-state index in [9.17, 15) is 10.1 Å². The first-order valence-electron chi connectivity index (χ1n) is 5.83. The second-order valence-corrected chi connectivity index (χ2v) is 5.17. The van der Waals surface area contributed by atoms with Crippen LogP contribution in [0.4, 0.5) is 5.69 Å². The molecule has 0 aromatic heterocycles. The van der Waals surface area contributed by atoms with E-state index in [0.29, 0.717) is 5.75 Å². The molecule has 0 atom stereocenters. The first kappa shape index (κ1) is 14.4. The monoisotopic (exact) mass is 291 g/mol. The molecular formula is C14H13NO4S. The van der Waals surface area contributed by atoms with Crippen molar-refractivity contribution < 1.29 is 14.8 Å². The molecule has 0 saturated carbocycles. The van der Waals surface area contributed by atoms with Gasteiger partial charge < -0.3 is 9.84 Å².